The molecule has 1 heterocycles. The van der Waals surface area contributed by atoms with Crippen molar-refractivity contribution in [1.29, 1.82) is 0 Å². The molecule has 0 radical (unpaired) electrons. The molecule has 1 unspecified atom stereocenters. The van der Waals surface area contributed by atoms with Crippen molar-refractivity contribution in [2.24, 2.45) is 7.05 Å². The van der Waals surface area contributed by atoms with Crippen LogP contribution in [0.3, 0.4) is 0 Å². The van der Waals surface area contributed by atoms with Crippen molar-refractivity contribution >= 4 is 11.7 Å². The number of ether oxygens (including phenoxy) is 1. The molecule has 2 rings (SSSR count). The summed E-state index contributed by atoms with van der Waals surface area (Å²) >= 11 is 0. The van der Waals surface area contributed by atoms with Crippen LogP contribution in [0, 0.1) is 0 Å². The number of para-hydroxylation sites is 2. The Bertz CT molecular complexity index is 640. The van der Waals surface area contributed by atoms with Crippen molar-refractivity contribution in [2.45, 2.75) is 19.4 Å². The topological polar surface area (TPSA) is 75.5 Å². The number of aryl methyl sites for hydroxylation is 1. The lowest BCUT2D eigenvalue weighted by atomic mass is 10.2. The number of carbonyl (C=O) groups is 1. The van der Waals surface area contributed by atoms with Gasteiger partial charge in [0, 0.05) is 25.5 Å². The summed E-state index contributed by atoms with van der Waals surface area (Å²) in [6, 6.07) is 10.7. The van der Waals surface area contributed by atoms with Crippen molar-refractivity contribution in [2.75, 3.05) is 18.5 Å². The number of benzene rings is 1. The Labute approximate surface area is 136 Å². The molecule has 0 bridgehead atoms. The van der Waals surface area contributed by atoms with E-state index in [1.807, 2.05) is 49.0 Å². The first kappa shape index (κ1) is 16.9. The summed E-state index contributed by atoms with van der Waals surface area (Å²) in [5.41, 5.74) is 1.45. The predicted octanol–water partition coefficient (Wildman–Crippen LogP) is 2.67. The van der Waals surface area contributed by atoms with Gasteiger partial charge in [-0.3, -0.25) is 0 Å². The second kappa shape index (κ2) is 8.24. The zero-order chi connectivity index (χ0) is 16.7. The third kappa shape index (κ3) is 4.75. The van der Waals surface area contributed by atoms with Crippen LogP contribution in [-0.4, -0.2) is 28.9 Å². The Hall–Kier alpha value is -2.47. The molecule has 124 valence electrons. The van der Waals surface area contributed by atoms with Gasteiger partial charge >= 0.3 is 6.03 Å². The zero-order valence-electron chi connectivity index (χ0n) is 13.5. The Morgan fingerprint density at radius 2 is 2.09 bits per heavy atom. The lowest BCUT2D eigenvalue weighted by Gasteiger charge is -2.14. The third-order valence-electron chi connectivity index (χ3n) is 3.46. The first-order chi connectivity index (χ1) is 11.1. The molecule has 3 N–H and O–H groups in total. The summed E-state index contributed by atoms with van der Waals surface area (Å²) in [7, 11) is 1.88. The van der Waals surface area contributed by atoms with Gasteiger partial charge in [-0.1, -0.05) is 12.1 Å². The maximum atomic E-state index is 11.9. The SMILES string of the molecule is CCOc1ccccc1NC(=O)NCCC(O)c1cccn1C. The number of aliphatic hydroxyl groups excluding tert-OH is 1. The Morgan fingerprint density at radius 1 is 1.30 bits per heavy atom. The largest absolute Gasteiger partial charge is 0.492 e. The van der Waals surface area contributed by atoms with E-state index >= 15 is 0 Å². The molecule has 1 atom stereocenters. The summed E-state index contributed by atoms with van der Waals surface area (Å²) in [4.78, 5) is 11.9. The van der Waals surface area contributed by atoms with E-state index in [1.54, 1.807) is 12.1 Å². The summed E-state index contributed by atoms with van der Waals surface area (Å²) in [5, 5.41) is 15.6. The quantitative estimate of drug-likeness (QED) is 0.735. The standard InChI is InChI=1S/C17H23N3O3/c1-3-23-16-9-5-4-7-13(16)19-17(22)18-11-10-15(21)14-8-6-12-20(14)2/h4-9,12,15,21H,3,10-11H2,1-2H3,(H2,18,19,22). The molecule has 0 aliphatic rings. The average Bonchev–Trinajstić information content (AvgIpc) is 2.95. The first-order valence-electron chi connectivity index (χ1n) is 7.67. The fraction of sp³-hybridized carbons (Fsp3) is 0.353. The highest BCUT2D eigenvalue weighted by Crippen LogP contribution is 2.23. The van der Waals surface area contributed by atoms with Gasteiger partial charge in [-0.25, -0.2) is 4.79 Å². The van der Waals surface area contributed by atoms with Gasteiger partial charge in [0.05, 0.1) is 18.4 Å². The summed E-state index contributed by atoms with van der Waals surface area (Å²) in [6.45, 7) is 2.79. The number of hydrogen-bond donors (Lipinski definition) is 3. The normalized spacial score (nSPS) is 11.8. The smallest absolute Gasteiger partial charge is 0.319 e. The zero-order valence-corrected chi connectivity index (χ0v) is 13.5. The van der Waals surface area contributed by atoms with E-state index in [2.05, 4.69) is 10.6 Å². The fourth-order valence-electron chi connectivity index (χ4n) is 2.31. The molecule has 6 heteroatoms. The molecule has 6 nitrogen and oxygen atoms in total. The third-order valence-corrected chi connectivity index (χ3v) is 3.46. The van der Waals surface area contributed by atoms with Crippen LogP contribution in [0.5, 0.6) is 5.75 Å². The molecule has 0 saturated heterocycles. The van der Waals surface area contributed by atoms with Crippen molar-refractivity contribution < 1.29 is 14.6 Å². The number of anilines is 1. The van der Waals surface area contributed by atoms with Crippen LogP contribution < -0.4 is 15.4 Å². The number of amides is 2. The minimum atomic E-state index is -0.606. The first-order valence-corrected chi connectivity index (χ1v) is 7.67. The van der Waals surface area contributed by atoms with E-state index in [1.165, 1.54) is 0 Å². The van der Waals surface area contributed by atoms with Crippen LogP contribution in [-0.2, 0) is 7.05 Å². The van der Waals surface area contributed by atoms with E-state index in [0.717, 1.165) is 5.69 Å². The Morgan fingerprint density at radius 3 is 2.78 bits per heavy atom. The molecule has 1 aromatic carbocycles. The van der Waals surface area contributed by atoms with Gasteiger partial charge in [-0.15, -0.1) is 0 Å². The maximum absolute atomic E-state index is 11.9. The van der Waals surface area contributed by atoms with Gasteiger partial charge in [-0.05, 0) is 37.6 Å². The van der Waals surface area contributed by atoms with Crippen molar-refractivity contribution in [3.63, 3.8) is 0 Å². The lowest BCUT2D eigenvalue weighted by Crippen LogP contribution is -2.30. The predicted molar refractivity (Wildman–Crippen MR) is 89.6 cm³/mol. The van der Waals surface area contributed by atoms with E-state index in [0.29, 0.717) is 31.0 Å². The Kier molecular flexibility index (Phi) is 6.05. The van der Waals surface area contributed by atoms with Crippen LogP contribution >= 0.6 is 0 Å². The van der Waals surface area contributed by atoms with Crippen molar-refractivity contribution in [3.8, 4) is 5.75 Å². The van der Waals surface area contributed by atoms with Crippen molar-refractivity contribution in [3.05, 3.63) is 48.3 Å². The maximum Gasteiger partial charge on any atom is 0.319 e. The number of carbonyl (C=O) groups excluding carboxylic acids is 1. The molecule has 1 aromatic heterocycles. The molecule has 0 aliphatic heterocycles. The van der Waals surface area contributed by atoms with E-state index in [9.17, 15) is 9.90 Å². The summed E-state index contributed by atoms with van der Waals surface area (Å²) in [6.07, 6.45) is 1.72. The summed E-state index contributed by atoms with van der Waals surface area (Å²) in [5.74, 6) is 0.633. The molecular weight excluding hydrogens is 294 g/mol. The number of rotatable bonds is 7. The molecule has 2 aromatic rings. The number of hydrogen-bond acceptors (Lipinski definition) is 3. The van der Waals surface area contributed by atoms with Crippen LogP contribution in [0.1, 0.15) is 25.1 Å². The van der Waals surface area contributed by atoms with Crippen LogP contribution in [0.15, 0.2) is 42.6 Å². The Balaban J connectivity index is 1.81. The van der Waals surface area contributed by atoms with Crippen molar-refractivity contribution in [1.82, 2.24) is 9.88 Å². The fourth-order valence-corrected chi connectivity index (χ4v) is 2.31. The number of nitrogens with one attached hydrogen (secondary N) is 2. The molecule has 0 spiro atoms. The lowest BCUT2D eigenvalue weighted by molar-refractivity contribution is 0.159. The van der Waals surface area contributed by atoms with Crippen LogP contribution in [0.25, 0.3) is 0 Å². The highest BCUT2D eigenvalue weighted by atomic mass is 16.5. The van der Waals surface area contributed by atoms with Gasteiger partial charge < -0.3 is 25.0 Å². The summed E-state index contributed by atoms with van der Waals surface area (Å²) < 4.78 is 7.32. The van der Waals surface area contributed by atoms with Gasteiger partial charge in [0.2, 0.25) is 0 Å². The number of urea groups is 1. The monoisotopic (exact) mass is 317 g/mol. The molecule has 2 amide bonds. The minimum Gasteiger partial charge on any atom is -0.492 e. The van der Waals surface area contributed by atoms with Crippen LogP contribution in [0.2, 0.25) is 0 Å². The second-order valence-corrected chi connectivity index (χ2v) is 5.16. The molecule has 0 aliphatic carbocycles. The van der Waals surface area contributed by atoms with Gasteiger partial charge in [-0.2, -0.15) is 0 Å². The highest BCUT2D eigenvalue weighted by molar-refractivity contribution is 5.90. The van der Waals surface area contributed by atoms with E-state index in [-0.39, 0.29) is 6.03 Å². The molecule has 0 fully saturated rings. The average molecular weight is 317 g/mol. The molecule has 23 heavy (non-hydrogen) atoms. The van der Waals surface area contributed by atoms with E-state index in [4.69, 9.17) is 4.74 Å². The van der Waals surface area contributed by atoms with Gasteiger partial charge in [0.25, 0.3) is 0 Å². The van der Waals surface area contributed by atoms with Crippen LogP contribution in [0.4, 0.5) is 10.5 Å². The minimum absolute atomic E-state index is 0.323. The molecular formula is C17H23N3O3. The molecule has 0 saturated carbocycles. The van der Waals surface area contributed by atoms with Gasteiger partial charge in [0.15, 0.2) is 0 Å². The van der Waals surface area contributed by atoms with Gasteiger partial charge in [0.1, 0.15) is 5.75 Å². The highest BCUT2D eigenvalue weighted by Gasteiger charge is 2.11. The second-order valence-electron chi connectivity index (χ2n) is 5.16. The number of nitrogens with zero attached hydrogens (tertiary/aromatic N) is 1. The van der Waals surface area contributed by atoms with E-state index < -0.39 is 6.10 Å². The number of aliphatic hydroxyl groups is 1. The number of aromatic nitrogens is 1.